The highest BCUT2D eigenvalue weighted by Crippen LogP contribution is 2.48. The number of methoxy groups -OCH3 is 1. The summed E-state index contributed by atoms with van der Waals surface area (Å²) in [7, 11) is 1.32. The van der Waals surface area contributed by atoms with E-state index in [1.54, 1.807) is 30.5 Å². The van der Waals surface area contributed by atoms with Crippen molar-refractivity contribution in [3.05, 3.63) is 88.2 Å². The van der Waals surface area contributed by atoms with Crippen molar-refractivity contribution < 1.29 is 23.8 Å². The molecule has 1 N–H and O–H groups in total. The monoisotopic (exact) mass is 553 g/mol. The minimum absolute atomic E-state index is 0.280. The highest BCUT2D eigenvalue weighted by atomic mass is 16.5. The van der Waals surface area contributed by atoms with E-state index in [4.69, 9.17) is 19.2 Å². The first-order valence-corrected chi connectivity index (χ1v) is 13.7. The van der Waals surface area contributed by atoms with E-state index >= 15 is 0 Å². The zero-order valence-corrected chi connectivity index (χ0v) is 24.3. The molecule has 0 saturated carbocycles. The summed E-state index contributed by atoms with van der Waals surface area (Å²) in [6, 6.07) is 13.0. The molecule has 2 aliphatic rings. The van der Waals surface area contributed by atoms with Gasteiger partial charge in [0.15, 0.2) is 11.5 Å². The van der Waals surface area contributed by atoms with Crippen LogP contribution < -0.4 is 14.8 Å². The highest BCUT2D eigenvalue weighted by Gasteiger charge is 2.39. The Labute approximate surface area is 240 Å². The SMILES string of the molecule is CCOc1cc2c(c3c1OC(C)(C)C3)C(c1ccc(/C=C/C(=O)OC)c(NC(=O)c3ccccn3)c1)=NC(C)(C)C2. The van der Waals surface area contributed by atoms with Crippen LogP contribution in [0.5, 0.6) is 11.5 Å². The van der Waals surface area contributed by atoms with Gasteiger partial charge in [-0.2, -0.15) is 0 Å². The van der Waals surface area contributed by atoms with Gasteiger partial charge < -0.3 is 19.5 Å². The number of esters is 1. The number of nitrogens with one attached hydrogen (secondary N) is 1. The lowest BCUT2D eigenvalue weighted by Gasteiger charge is -2.31. The van der Waals surface area contributed by atoms with Crippen molar-refractivity contribution in [3.63, 3.8) is 0 Å². The lowest BCUT2D eigenvalue weighted by atomic mass is 9.80. The molecular formula is C33H35N3O5. The number of hydrogen-bond donors (Lipinski definition) is 1. The summed E-state index contributed by atoms with van der Waals surface area (Å²) in [5.74, 6) is 0.672. The van der Waals surface area contributed by atoms with Crippen molar-refractivity contribution in [3.8, 4) is 11.5 Å². The Morgan fingerprint density at radius 3 is 2.61 bits per heavy atom. The molecule has 0 radical (unpaired) electrons. The molecule has 8 heteroatoms. The number of rotatable bonds is 7. The molecule has 3 aromatic rings. The number of aromatic nitrogens is 1. The first kappa shape index (κ1) is 28.1. The number of hydrogen-bond acceptors (Lipinski definition) is 7. The number of benzene rings is 2. The molecule has 2 aromatic carbocycles. The fourth-order valence-corrected chi connectivity index (χ4v) is 5.41. The molecule has 0 bridgehead atoms. The van der Waals surface area contributed by atoms with Crippen LogP contribution >= 0.6 is 0 Å². The lowest BCUT2D eigenvalue weighted by molar-refractivity contribution is -0.134. The average Bonchev–Trinajstić information content (AvgIpc) is 3.26. The number of aliphatic imine (C=N–C) groups is 1. The van der Waals surface area contributed by atoms with Gasteiger partial charge in [-0.3, -0.25) is 14.8 Å². The van der Waals surface area contributed by atoms with Crippen molar-refractivity contribution in [1.82, 2.24) is 4.98 Å². The Morgan fingerprint density at radius 2 is 1.90 bits per heavy atom. The molecule has 1 amide bonds. The Bertz CT molecular complexity index is 1570. The van der Waals surface area contributed by atoms with Gasteiger partial charge in [-0.1, -0.05) is 18.2 Å². The molecule has 8 nitrogen and oxygen atoms in total. The van der Waals surface area contributed by atoms with Crippen molar-refractivity contribution >= 4 is 29.4 Å². The maximum Gasteiger partial charge on any atom is 0.330 e. The van der Waals surface area contributed by atoms with E-state index in [0.29, 0.717) is 24.3 Å². The van der Waals surface area contributed by atoms with E-state index in [-0.39, 0.29) is 22.7 Å². The number of pyridine rings is 1. The highest BCUT2D eigenvalue weighted by molar-refractivity contribution is 6.17. The summed E-state index contributed by atoms with van der Waals surface area (Å²) in [5, 5.41) is 2.98. The van der Waals surface area contributed by atoms with Crippen LogP contribution in [0.1, 0.15) is 72.9 Å². The predicted molar refractivity (Wildman–Crippen MR) is 159 cm³/mol. The molecule has 0 spiro atoms. The number of carbonyl (C=O) groups excluding carboxylic acids is 2. The minimum Gasteiger partial charge on any atom is -0.490 e. The molecule has 2 aliphatic heterocycles. The maximum absolute atomic E-state index is 13.1. The van der Waals surface area contributed by atoms with Gasteiger partial charge >= 0.3 is 5.97 Å². The molecule has 5 rings (SSSR count). The van der Waals surface area contributed by atoms with Crippen molar-refractivity contribution in [2.45, 2.75) is 58.6 Å². The predicted octanol–water partition coefficient (Wildman–Crippen LogP) is 5.80. The number of ether oxygens (including phenoxy) is 3. The van der Waals surface area contributed by atoms with Crippen LogP contribution in [0.2, 0.25) is 0 Å². The summed E-state index contributed by atoms with van der Waals surface area (Å²) in [6.45, 7) is 10.9. The van der Waals surface area contributed by atoms with Crippen molar-refractivity contribution in [1.29, 1.82) is 0 Å². The van der Waals surface area contributed by atoms with Crippen LogP contribution in [0.3, 0.4) is 0 Å². The fraction of sp³-hybridized carbons (Fsp3) is 0.333. The average molecular weight is 554 g/mol. The van der Waals surface area contributed by atoms with E-state index < -0.39 is 5.97 Å². The lowest BCUT2D eigenvalue weighted by Crippen LogP contribution is -2.30. The first-order valence-electron chi connectivity index (χ1n) is 13.7. The van der Waals surface area contributed by atoms with Crippen molar-refractivity contribution in [2.24, 2.45) is 4.99 Å². The van der Waals surface area contributed by atoms with Crippen LogP contribution in [0.25, 0.3) is 6.08 Å². The van der Waals surface area contributed by atoms with E-state index in [1.807, 2.05) is 25.1 Å². The second-order valence-corrected chi connectivity index (χ2v) is 11.5. The Morgan fingerprint density at radius 1 is 1.10 bits per heavy atom. The van der Waals surface area contributed by atoms with Gasteiger partial charge in [0.2, 0.25) is 0 Å². The molecule has 0 fully saturated rings. The molecule has 0 saturated heterocycles. The smallest absolute Gasteiger partial charge is 0.330 e. The normalized spacial score (nSPS) is 16.3. The van der Waals surface area contributed by atoms with Gasteiger partial charge in [-0.25, -0.2) is 4.79 Å². The van der Waals surface area contributed by atoms with Crippen LogP contribution in [0.4, 0.5) is 5.69 Å². The summed E-state index contributed by atoms with van der Waals surface area (Å²) in [5.41, 5.74) is 5.63. The zero-order chi connectivity index (χ0) is 29.4. The Hall–Kier alpha value is -4.46. The van der Waals surface area contributed by atoms with Gasteiger partial charge in [0, 0.05) is 41.1 Å². The number of carbonyl (C=O) groups is 2. The third kappa shape index (κ3) is 5.87. The number of fused-ring (bicyclic) bond motifs is 3. The van der Waals surface area contributed by atoms with Crippen molar-refractivity contribution in [2.75, 3.05) is 19.0 Å². The first-order chi connectivity index (χ1) is 19.5. The molecule has 212 valence electrons. The topological polar surface area (TPSA) is 99.1 Å². The van der Waals surface area contributed by atoms with Crippen LogP contribution in [-0.4, -0.2) is 47.4 Å². The third-order valence-corrected chi connectivity index (χ3v) is 7.05. The maximum atomic E-state index is 13.1. The number of nitrogens with zero attached hydrogens (tertiary/aromatic N) is 2. The standard InChI is InChI=1S/C33H35N3O5/c1-7-40-26-17-22-18-32(2,3)36-29(28(22)23-19-33(4,5)41-30(23)26)21-12-11-20(13-14-27(37)39-6)25(16-21)35-31(38)24-10-8-9-15-34-24/h8-17H,7,18-19H2,1-6H3,(H,35,38)/b14-13+. The number of anilines is 1. The van der Waals surface area contributed by atoms with Gasteiger partial charge in [-0.05, 0) is 82.5 Å². The largest absolute Gasteiger partial charge is 0.490 e. The second kappa shape index (κ2) is 10.8. The molecule has 1 aromatic heterocycles. The molecule has 0 aliphatic carbocycles. The van der Waals surface area contributed by atoms with E-state index in [2.05, 4.69) is 44.1 Å². The van der Waals surface area contributed by atoms with Crippen LogP contribution in [0, 0.1) is 0 Å². The van der Waals surface area contributed by atoms with E-state index in [9.17, 15) is 9.59 Å². The minimum atomic E-state index is -0.494. The summed E-state index contributed by atoms with van der Waals surface area (Å²) in [4.78, 5) is 34.4. The quantitative estimate of drug-likeness (QED) is 0.293. The summed E-state index contributed by atoms with van der Waals surface area (Å²) < 4.78 is 17.2. The molecule has 3 heterocycles. The van der Waals surface area contributed by atoms with Gasteiger partial charge in [0.25, 0.3) is 5.91 Å². The fourth-order valence-electron chi connectivity index (χ4n) is 5.41. The third-order valence-electron chi connectivity index (χ3n) is 7.05. The Balaban J connectivity index is 1.65. The van der Waals surface area contributed by atoms with E-state index in [1.165, 1.54) is 13.2 Å². The van der Waals surface area contributed by atoms with Crippen LogP contribution in [-0.2, 0) is 22.4 Å². The molecular weight excluding hydrogens is 518 g/mol. The summed E-state index contributed by atoms with van der Waals surface area (Å²) >= 11 is 0. The zero-order valence-electron chi connectivity index (χ0n) is 24.3. The molecule has 0 atom stereocenters. The Kier molecular flexibility index (Phi) is 7.43. The van der Waals surface area contributed by atoms with Gasteiger partial charge in [0.05, 0.1) is 25.0 Å². The molecule has 41 heavy (non-hydrogen) atoms. The number of amides is 1. The second-order valence-electron chi connectivity index (χ2n) is 11.5. The summed E-state index contributed by atoms with van der Waals surface area (Å²) in [6.07, 6.45) is 5.98. The van der Waals surface area contributed by atoms with Crippen LogP contribution in [0.15, 0.2) is 59.7 Å². The van der Waals surface area contributed by atoms with Gasteiger partial charge in [-0.15, -0.1) is 0 Å². The molecule has 0 unspecified atom stereocenters. The van der Waals surface area contributed by atoms with E-state index in [0.717, 1.165) is 45.9 Å². The van der Waals surface area contributed by atoms with Gasteiger partial charge in [0.1, 0.15) is 11.3 Å².